The van der Waals surface area contributed by atoms with Crippen LogP contribution in [0.4, 0.5) is 5.13 Å². The molecule has 1 aliphatic heterocycles. The Kier molecular flexibility index (Phi) is 6.00. The van der Waals surface area contributed by atoms with Crippen LogP contribution in [0.15, 0.2) is 10.5 Å². The van der Waals surface area contributed by atoms with E-state index in [9.17, 15) is 27.6 Å². The molecule has 164 valence electrons. The zero-order valence-corrected chi connectivity index (χ0v) is 16.8. The summed E-state index contributed by atoms with van der Waals surface area (Å²) in [5.41, 5.74) is 2.79. The van der Waals surface area contributed by atoms with Gasteiger partial charge >= 0.3 is 22.2 Å². The summed E-state index contributed by atoms with van der Waals surface area (Å²) in [6, 6.07) is -3.99. The second-order valence-electron chi connectivity index (χ2n) is 6.26. The fourth-order valence-corrected chi connectivity index (χ4v) is 3.50. The van der Waals surface area contributed by atoms with Crippen LogP contribution in [0.5, 0.6) is 0 Å². The van der Waals surface area contributed by atoms with E-state index >= 15 is 0 Å². The van der Waals surface area contributed by atoms with Crippen molar-refractivity contribution in [1.29, 1.82) is 0 Å². The number of hydrogen-bond donors (Lipinski definition) is 5. The molecule has 15 nitrogen and oxygen atoms in total. The lowest BCUT2D eigenvalue weighted by atomic mass is 9.98. The second-order valence-corrected chi connectivity index (χ2v) is 8.44. The van der Waals surface area contributed by atoms with E-state index in [1.54, 1.807) is 0 Å². The van der Waals surface area contributed by atoms with E-state index in [0.29, 0.717) is 0 Å². The van der Waals surface area contributed by atoms with E-state index in [4.69, 9.17) is 25.3 Å². The van der Waals surface area contributed by atoms with Crippen LogP contribution in [0.2, 0.25) is 0 Å². The topological polar surface area (TPSA) is 239 Å². The average Bonchev–Trinajstić information content (AvgIpc) is 3.01. The molecule has 30 heavy (non-hydrogen) atoms. The van der Waals surface area contributed by atoms with Gasteiger partial charge in [-0.25, -0.2) is 14.6 Å². The van der Waals surface area contributed by atoms with Gasteiger partial charge in [-0.2, -0.15) is 12.7 Å². The number of hydrogen-bond acceptors (Lipinski definition) is 11. The number of aromatic nitrogens is 1. The van der Waals surface area contributed by atoms with Crippen LogP contribution < -0.4 is 11.1 Å². The summed E-state index contributed by atoms with van der Waals surface area (Å²) < 4.78 is 31.0. The number of aliphatic carboxylic acids is 2. The molecule has 0 aromatic carbocycles. The number of β-lactam (4-membered cyclic amide) rings is 1. The quantitative estimate of drug-likeness (QED) is 0.120. The van der Waals surface area contributed by atoms with E-state index in [1.807, 2.05) is 5.32 Å². The summed E-state index contributed by atoms with van der Waals surface area (Å²) in [6.07, 6.45) is 0. The second kappa shape index (κ2) is 7.84. The van der Waals surface area contributed by atoms with Gasteiger partial charge in [0.1, 0.15) is 11.7 Å². The zero-order chi connectivity index (χ0) is 23.0. The Morgan fingerprint density at radius 3 is 2.40 bits per heavy atom. The number of amides is 2. The first kappa shape index (κ1) is 23.0. The summed E-state index contributed by atoms with van der Waals surface area (Å²) in [4.78, 5) is 55.6. The number of nitrogens with two attached hydrogens (primary N) is 1. The predicted octanol–water partition coefficient (Wildman–Crippen LogP) is -2.11. The molecule has 1 saturated heterocycles. The van der Waals surface area contributed by atoms with Gasteiger partial charge in [-0.15, -0.1) is 11.3 Å². The van der Waals surface area contributed by atoms with Gasteiger partial charge in [-0.3, -0.25) is 14.1 Å². The average molecular weight is 465 g/mol. The highest BCUT2D eigenvalue weighted by molar-refractivity contribution is 7.84. The minimum atomic E-state index is -5.18. The fraction of sp³-hybridized carbons (Fsp3) is 0.385. The number of nitrogens with zero attached hydrogens (tertiary/aromatic N) is 3. The largest absolute Gasteiger partial charge is 0.480 e. The summed E-state index contributed by atoms with van der Waals surface area (Å²) in [7, 11) is -5.18. The van der Waals surface area contributed by atoms with Crippen LogP contribution in [-0.2, 0) is 34.3 Å². The van der Waals surface area contributed by atoms with Crippen molar-refractivity contribution in [2.45, 2.75) is 31.5 Å². The lowest BCUT2D eigenvalue weighted by molar-refractivity contribution is -0.161. The minimum Gasteiger partial charge on any atom is -0.480 e. The molecule has 1 aliphatic rings. The first-order valence-corrected chi connectivity index (χ1v) is 9.99. The summed E-state index contributed by atoms with van der Waals surface area (Å²) in [5.74, 6) is -5.90. The van der Waals surface area contributed by atoms with Gasteiger partial charge in [-0.05, 0) is 13.8 Å². The highest BCUT2D eigenvalue weighted by atomic mass is 32.2. The fourth-order valence-electron chi connectivity index (χ4n) is 2.11. The molecular weight excluding hydrogens is 450 g/mol. The first-order chi connectivity index (χ1) is 13.7. The maximum atomic E-state index is 12.6. The number of oxime groups is 1. The van der Waals surface area contributed by atoms with Crippen LogP contribution in [0, 0.1) is 0 Å². The molecule has 0 aliphatic carbocycles. The maximum absolute atomic E-state index is 12.6. The van der Waals surface area contributed by atoms with Gasteiger partial charge < -0.3 is 26.1 Å². The van der Waals surface area contributed by atoms with Gasteiger partial charge in [0.05, 0.1) is 0 Å². The normalized spacial score (nSPS) is 19.8. The Morgan fingerprint density at radius 1 is 1.37 bits per heavy atom. The standard InChI is InChI=1S/C13H15N5O10S2/c1-13(2,11(23)24)28-17-5(4-3-29-12(14)15-4)8(19)16-6-7(10(21)22)18(9(6)20)30(25,26)27/h3,6-7H,1-2H3,(H2,14,15)(H,16,19)(H,21,22)(H,23,24)(H,25,26,27)/b17-5-. The Labute approximate surface area is 172 Å². The molecule has 1 aromatic rings. The third-order valence-corrected chi connectivity index (χ3v) is 5.28. The molecule has 2 unspecified atom stereocenters. The highest BCUT2D eigenvalue weighted by Crippen LogP contribution is 2.24. The van der Waals surface area contributed by atoms with E-state index < -0.39 is 57.5 Å². The zero-order valence-electron chi connectivity index (χ0n) is 15.2. The molecule has 2 amide bonds. The highest BCUT2D eigenvalue weighted by Gasteiger charge is 2.58. The smallest absolute Gasteiger partial charge is 0.363 e. The SMILES string of the molecule is CC(C)(O/N=C(\C(=O)NC1C(=O)N(S(=O)(=O)O)C1C(=O)O)c1csc(N)n1)C(=O)O. The molecule has 1 fully saturated rings. The lowest BCUT2D eigenvalue weighted by Crippen LogP contribution is -2.74. The molecular formula is C13H15N5O10S2. The van der Waals surface area contributed by atoms with Crippen molar-refractivity contribution in [2.75, 3.05) is 5.73 Å². The summed E-state index contributed by atoms with van der Waals surface area (Å²) in [5, 5.41) is 24.9. The van der Waals surface area contributed by atoms with Gasteiger partial charge in [0.25, 0.3) is 11.8 Å². The van der Waals surface area contributed by atoms with Crippen LogP contribution in [0.3, 0.4) is 0 Å². The van der Waals surface area contributed by atoms with Crippen molar-refractivity contribution in [1.82, 2.24) is 14.6 Å². The number of rotatable bonds is 8. The van der Waals surface area contributed by atoms with Crippen molar-refractivity contribution >= 4 is 56.2 Å². The van der Waals surface area contributed by atoms with Gasteiger partial charge in [-0.1, -0.05) is 5.16 Å². The summed E-state index contributed by atoms with van der Waals surface area (Å²) >= 11 is 0.890. The third kappa shape index (κ3) is 4.47. The molecule has 0 saturated carbocycles. The molecule has 17 heteroatoms. The number of carboxylic acid groups (broad SMARTS) is 2. The molecule has 0 bridgehead atoms. The molecule has 1 aromatic heterocycles. The lowest BCUT2D eigenvalue weighted by Gasteiger charge is -2.41. The van der Waals surface area contributed by atoms with Crippen molar-refractivity contribution in [3.63, 3.8) is 0 Å². The number of carbonyl (C=O) groups is 4. The third-order valence-electron chi connectivity index (χ3n) is 3.70. The van der Waals surface area contributed by atoms with E-state index in [-0.39, 0.29) is 15.1 Å². The Bertz CT molecular complexity index is 1050. The van der Waals surface area contributed by atoms with Crippen LogP contribution in [-0.4, -0.2) is 79.6 Å². The molecule has 6 N–H and O–H groups in total. The van der Waals surface area contributed by atoms with E-state index in [0.717, 1.165) is 25.2 Å². The number of thiazole rings is 1. The van der Waals surface area contributed by atoms with Crippen molar-refractivity contribution < 1.29 is 47.2 Å². The van der Waals surface area contributed by atoms with Crippen LogP contribution in [0.25, 0.3) is 0 Å². The van der Waals surface area contributed by atoms with Crippen LogP contribution in [0.1, 0.15) is 19.5 Å². The van der Waals surface area contributed by atoms with Crippen molar-refractivity contribution in [2.24, 2.45) is 5.16 Å². The van der Waals surface area contributed by atoms with Gasteiger partial charge in [0.2, 0.25) is 5.60 Å². The predicted molar refractivity (Wildman–Crippen MR) is 97.6 cm³/mol. The summed E-state index contributed by atoms with van der Waals surface area (Å²) in [6.45, 7) is 2.26. The Hall–Kier alpha value is -3.31. The van der Waals surface area contributed by atoms with Gasteiger partial charge in [0, 0.05) is 5.38 Å². The van der Waals surface area contributed by atoms with E-state index in [2.05, 4.69) is 10.1 Å². The molecule has 0 spiro atoms. The number of nitrogens with one attached hydrogen (secondary N) is 1. The Balaban J connectivity index is 2.34. The first-order valence-electron chi connectivity index (χ1n) is 7.72. The van der Waals surface area contributed by atoms with Gasteiger partial charge in [0.15, 0.2) is 16.9 Å². The monoisotopic (exact) mass is 465 g/mol. The van der Waals surface area contributed by atoms with Crippen molar-refractivity contribution in [3.05, 3.63) is 11.1 Å². The van der Waals surface area contributed by atoms with Crippen molar-refractivity contribution in [3.8, 4) is 0 Å². The maximum Gasteiger partial charge on any atom is 0.363 e. The Morgan fingerprint density at radius 2 is 1.97 bits per heavy atom. The van der Waals surface area contributed by atoms with Crippen LogP contribution >= 0.6 is 11.3 Å². The number of nitrogen functional groups attached to an aromatic ring is 1. The number of anilines is 1. The number of carboxylic acids is 2. The molecule has 2 heterocycles. The molecule has 0 radical (unpaired) electrons. The molecule has 2 atom stereocenters. The number of carbonyl (C=O) groups excluding carboxylic acids is 2. The minimum absolute atomic E-state index is 0.00340. The van der Waals surface area contributed by atoms with E-state index in [1.165, 1.54) is 5.38 Å². The molecule has 2 rings (SSSR count).